The third kappa shape index (κ3) is 4.90. The summed E-state index contributed by atoms with van der Waals surface area (Å²) in [5, 5.41) is 7.95. The number of alkyl halides is 2. The normalized spacial score (nSPS) is 16.4. The minimum Gasteiger partial charge on any atom is -0.487 e. The fraction of sp³-hybridized carbons (Fsp3) is 0.550. The van der Waals surface area contributed by atoms with Gasteiger partial charge >= 0.3 is 6.09 Å². The number of ether oxygens (including phenoxy) is 2. The molecule has 2 aromatic rings. The molecular weight excluding hydrogens is 432 g/mol. The van der Waals surface area contributed by atoms with Crippen molar-refractivity contribution in [1.29, 1.82) is 0 Å². The van der Waals surface area contributed by atoms with Gasteiger partial charge in [-0.15, -0.1) is 5.10 Å². The zero-order chi connectivity index (χ0) is 22.9. The molecule has 11 heteroatoms. The second-order valence-electron chi connectivity index (χ2n) is 8.25. The molecule has 1 aliphatic rings. The summed E-state index contributed by atoms with van der Waals surface area (Å²) >= 11 is 6.40. The Hall–Kier alpha value is -2.46. The van der Waals surface area contributed by atoms with E-state index in [9.17, 15) is 13.6 Å². The molecule has 0 bridgehead atoms. The van der Waals surface area contributed by atoms with Crippen molar-refractivity contribution in [1.82, 2.24) is 19.9 Å². The molecule has 1 atom stereocenters. The van der Waals surface area contributed by atoms with Crippen LogP contribution in [0.3, 0.4) is 0 Å². The molecule has 2 N–H and O–H groups in total. The summed E-state index contributed by atoms with van der Waals surface area (Å²) in [5.74, 6) is 0.397. The lowest BCUT2D eigenvalue weighted by Gasteiger charge is -2.38. The number of aryl methyl sites for hydroxylation is 1. The molecule has 1 aliphatic heterocycles. The van der Waals surface area contributed by atoms with Crippen LogP contribution < -0.4 is 10.5 Å². The first-order valence-electron chi connectivity index (χ1n) is 9.83. The lowest BCUT2D eigenvalue weighted by molar-refractivity contribution is 0.0146. The molecule has 1 aromatic carbocycles. The van der Waals surface area contributed by atoms with Crippen LogP contribution in [0.15, 0.2) is 12.1 Å². The van der Waals surface area contributed by atoms with Gasteiger partial charge in [0.15, 0.2) is 0 Å². The highest BCUT2D eigenvalue weighted by atomic mass is 35.5. The minimum absolute atomic E-state index is 0.0327. The number of nitrogens with two attached hydrogens (primary N) is 1. The number of nitrogens with zero attached hydrogens (tertiary/aromatic N) is 4. The van der Waals surface area contributed by atoms with Crippen molar-refractivity contribution >= 4 is 17.7 Å². The smallest absolute Gasteiger partial charge is 0.410 e. The lowest BCUT2D eigenvalue weighted by Crippen LogP contribution is -2.45. The maximum absolute atomic E-state index is 13.3. The van der Waals surface area contributed by atoms with Crippen LogP contribution in [0.2, 0.25) is 5.02 Å². The molecule has 8 nitrogen and oxygen atoms in total. The van der Waals surface area contributed by atoms with Crippen molar-refractivity contribution < 1.29 is 23.0 Å². The monoisotopic (exact) mass is 457 g/mol. The molecule has 0 radical (unpaired) electrons. The Balaban J connectivity index is 1.92. The Morgan fingerprint density at radius 1 is 1.39 bits per heavy atom. The van der Waals surface area contributed by atoms with Gasteiger partial charge in [-0.1, -0.05) is 16.8 Å². The Morgan fingerprint density at radius 3 is 2.71 bits per heavy atom. The number of fused-ring (bicyclic) bond motifs is 1. The molecular formula is C20H26ClF2N5O3. The van der Waals surface area contributed by atoms with Gasteiger partial charge < -0.3 is 15.2 Å². The SMILES string of the molecule is Cn1nnc(COc2ccc(Cl)c3c2[C@@H](CN)N(C(=O)OC(C)(C)C)CC3)c1C(F)F. The fourth-order valence-corrected chi connectivity index (χ4v) is 3.87. The van der Waals surface area contributed by atoms with E-state index in [1.807, 2.05) is 0 Å². The molecule has 1 aromatic heterocycles. The highest BCUT2D eigenvalue weighted by molar-refractivity contribution is 6.31. The number of carbonyl (C=O) groups excluding carboxylic acids is 1. The Kier molecular flexibility index (Phi) is 6.70. The lowest BCUT2D eigenvalue weighted by atomic mass is 9.91. The summed E-state index contributed by atoms with van der Waals surface area (Å²) in [6.07, 6.45) is -2.75. The second-order valence-corrected chi connectivity index (χ2v) is 8.65. The Labute approximate surface area is 184 Å². The number of aromatic nitrogens is 3. The van der Waals surface area contributed by atoms with Crippen LogP contribution in [-0.2, 0) is 24.8 Å². The number of carbonyl (C=O) groups is 1. The van der Waals surface area contributed by atoms with E-state index in [1.54, 1.807) is 37.8 Å². The number of hydrogen-bond donors (Lipinski definition) is 1. The summed E-state index contributed by atoms with van der Waals surface area (Å²) in [6.45, 7) is 5.63. The minimum atomic E-state index is -2.74. The molecule has 0 saturated carbocycles. The van der Waals surface area contributed by atoms with Crippen molar-refractivity contribution in [2.24, 2.45) is 12.8 Å². The Bertz CT molecular complexity index is 961. The Morgan fingerprint density at radius 2 is 2.10 bits per heavy atom. The van der Waals surface area contributed by atoms with Gasteiger partial charge in [0.2, 0.25) is 0 Å². The van der Waals surface area contributed by atoms with Gasteiger partial charge in [-0.2, -0.15) is 0 Å². The molecule has 0 fully saturated rings. The fourth-order valence-electron chi connectivity index (χ4n) is 3.61. The van der Waals surface area contributed by atoms with Crippen LogP contribution in [0.5, 0.6) is 5.75 Å². The van der Waals surface area contributed by atoms with Gasteiger partial charge in [0.05, 0.1) is 6.04 Å². The van der Waals surface area contributed by atoms with Crippen molar-refractivity contribution in [3.8, 4) is 5.75 Å². The van der Waals surface area contributed by atoms with Crippen LogP contribution in [0.1, 0.15) is 55.8 Å². The molecule has 0 aliphatic carbocycles. The van der Waals surface area contributed by atoms with Crippen LogP contribution in [0, 0.1) is 0 Å². The van der Waals surface area contributed by atoms with Gasteiger partial charge in [-0.3, -0.25) is 4.90 Å². The van der Waals surface area contributed by atoms with Gasteiger partial charge in [-0.25, -0.2) is 18.3 Å². The summed E-state index contributed by atoms with van der Waals surface area (Å²) in [5.41, 5.74) is 6.54. The van der Waals surface area contributed by atoms with Crippen LogP contribution in [0.4, 0.5) is 13.6 Å². The molecule has 0 saturated heterocycles. The van der Waals surface area contributed by atoms with Gasteiger partial charge in [0.1, 0.15) is 29.3 Å². The van der Waals surface area contributed by atoms with Crippen molar-refractivity contribution in [3.05, 3.63) is 39.7 Å². The number of hydrogen-bond acceptors (Lipinski definition) is 6. The van der Waals surface area contributed by atoms with Gasteiger partial charge in [-0.05, 0) is 44.9 Å². The largest absolute Gasteiger partial charge is 0.487 e. The van der Waals surface area contributed by atoms with E-state index >= 15 is 0 Å². The van der Waals surface area contributed by atoms with E-state index in [4.69, 9.17) is 26.8 Å². The van der Waals surface area contributed by atoms with Crippen LogP contribution in [0.25, 0.3) is 0 Å². The second kappa shape index (κ2) is 8.96. The maximum atomic E-state index is 13.3. The first-order valence-corrected chi connectivity index (χ1v) is 10.2. The third-order valence-corrected chi connectivity index (χ3v) is 5.29. The zero-order valence-electron chi connectivity index (χ0n) is 17.9. The predicted molar refractivity (Wildman–Crippen MR) is 110 cm³/mol. The third-order valence-electron chi connectivity index (χ3n) is 4.94. The van der Waals surface area contributed by atoms with E-state index < -0.39 is 24.2 Å². The van der Waals surface area contributed by atoms with E-state index in [-0.39, 0.29) is 24.5 Å². The quantitative estimate of drug-likeness (QED) is 0.734. The van der Waals surface area contributed by atoms with E-state index in [1.165, 1.54) is 7.05 Å². The maximum Gasteiger partial charge on any atom is 0.410 e. The van der Waals surface area contributed by atoms with Crippen molar-refractivity contribution in [2.45, 2.75) is 51.9 Å². The highest BCUT2D eigenvalue weighted by Crippen LogP contribution is 2.40. The van der Waals surface area contributed by atoms with Crippen LogP contribution >= 0.6 is 11.6 Å². The number of amides is 1. The van der Waals surface area contributed by atoms with Crippen molar-refractivity contribution in [2.75, 3.05) is 13.1 Å². The predicted octanol–water partition coefficient (Wildman–Crippen LogP) is 3.78. The molecule has 0 spiro atoms. The van der Waals surface area contributed by atoms with Gasteiger partial charge in [0.25, 0.3) is 6.43 Å². The summed E-state index contributed by atoms with van der Waals surface area (Å²) in [4.78, 5) is 14.3. The first kappa shape index (κ1) is 23.2. The summed E-state index contributed by atoms with van der Waals surface area (Å²) < 4.78 is 39.0. The van der Waals surface area contributed by atoms with E-state index in [2.05, 4.69) is 10.3 Å². The van der Waals surface area contributed by atoms with E-state index in [0.717, 1.165) is 10.2 Å². The first-order chi connectivity index (χ1) is 14.5. The molecule has 2 heterocycles. The zero-order valence-corrected chi connectivity index (χ0v) is 18.6. The highest BCUT2D eigenvalue weighted by Gasteiger charge is 2.36. The topological polar surface area (TPSA) is 95.5 Å². The van der Waals surface area contributed by atoms with Crippen LogP contribution in [-0.4, -0.2) is 44.7 Å². The van der Waals surface area contributed by atoms with Gasteiger partial charge in [0, 0.05) is 30.7 Å². The number of benzene rings is 1. The summed E-state index contributed by atoms with van der Waals surface area (Å²) in [6, 6.07) is 2.78. The number of halogens is 3. The molecule has 0 unspecified atom stereocenters. The molecule has 1 amide bonds. The summed E-state index contributed by atoms with van der Waals surface area (Å²) in [7, 11) is 1.39. The van der Waals surface area contributed by atoms with Crippen molar-refractivity contribution in [3.63, 3.8) is 0 Å². The molecule has 3 rings (SSSR count). The average molecular weight is 458 g/mol. The van der Waals surface area contributed by atoms with E-state index in [0.29, 0.717) is 29.3 Å². The number of rotatable bonds is 5. The standard InChI is InChI=1S/C20H26ClF2N5O3/c1-20(2,3)31-19(29)28-8-7-11-12(21)5-6-15(16(11)14(28)9-24)30-10-13-17(18(22)23)27(4)26-25-13/h5-6,14,18H,7-10,24H2,1-4H3/t14-/m1/s1. The average Bonchev–Trinajstić information content (AvgIpc) is 3.06. The molecule has 31 heavy (non-hydrogen) atoms. The molecule has 170 valence electrons.